The van der Waals surface area contributed by atoms with Crippen molar-refractivity contribution in [3.05, 3.63) is 24.3 Å². The maximum absolute atomic E-state index is 10.7. The molecular weight excluding hydrogens is 154 g/mol. The third-order valence-corrected chi connectivity index (χ3v) is 1.93. The molecule has 0 aromatic rings. The second-order valence-electron chi connectivity index (χ2n) is 2.53. The predicted molar refractivity (Wildman–Crippen MR) is 43.2 cm³/mol. The Balaban J connectivity index is 3.01. The molecule has 12 heavy (non-hydrogen) atoms. The van der Waals surface area contributed by atoms with Crippen molar-refractivity contribution in [1.29, 1.82) is 5.26 Å². The summed E-state index contributed by atoms with van der Waals surface area (Å²) in [5.74, 6) is -0.523. The number of hydrogen-bond acceptors (Lipinski definition) is 3. The first-order valence-electron chi connectivity index (χ1n) is 3.56. The summed E-state index contributed by atoms with van der Waals surface area (Å²) in [6.07, 6.45) is 7.33. The summed E-state index contributed by atoms with van der Waals surface area (Å²) in [4.78, 5) is 10.7. The molecule has 0 saturated carbocycles. The third kappa shape index (κ3) is 1.17. The molecule has 0 amide bonds. The lowest BCUT2D eigenvalue weighted by atomic mass is 9.86. The number of aldehydes is 1. The molecule has 62 valence electrons. The largest absolute Gasteiger partial charge is 0.365 e. The van der Waals surface area contributed by atoms with Crippen molar-refractivity contribution >= 4 is 6.29 Å². The number of hydrogen-bond donors (Lipinski definition) is 0. The molecule has 0 radical (unpaired) electrons. The van der Waals surface area contributed by atoms with Crippen LogP contribution in [-0.4, -0.2) is 19.0 Å². The van der Waals surface area contributed by atoms with Crippen molar-refractivity contribution in [2.24, 2.45) is 5.92 Å². The molecule has 1 rings (SSSR count). The Labute approximate surface area is 70.9 Å². The molecule has 0 fully saturated rings. The molecular formula is C9H9NO2. The number of rotatable bonds is 2. The van der Waals surface area contributed by atoms with Crippen molar-refractivity contribution in [2.45, 2.75) is 5.60 Å². The van der Waals surface area contributed by atoms with Gasteiger partial charge in [0.15, 0.2) is 11.9 Å². The van der Waals surface area contributed by atoms with Crippen LogP contribution in [0.4, 0.5) is 0 Å². The van der Waals surface area contributed by atoms with E-state index in [1.165, 1.54) is 7.11 Å². The topological polar surface area (TPSA) is 50.1 Å². The summed E-state index contributed by atoms with van der Waals surface area (Å²) in [6.45, 7) is 0. The summed E-state index contributed by atoms with van der Waals surface area (Å²) in [6, 6.07) is 2.00. The van der Waals surface area contributed by atoms with Crippen molar-refractivity contribution in [3.8, 4) is 6.07 Å². The minimum absolute atomic E-state index is 0.523. The van der Waals surface area contributed by atoms with Gasteiger partial charge in [0.25, 0.3) is 0 Å². The molecule has 0 aliphatic heterocycles. The van der Waals surface area contributed by atoms with E-state index in [0.29, 0.717) is 6.29 Å². The van der Waals surface area contributed by atoms with Gasteiger partial charge in [-0.25, -0.2) is 0 Å². The van der Waals surface area contributed by atoms with Crippen LogP contribution in [0.15, 0.2) is 24.3 Å². The standard InChI is InChI=1S/C9H9NO2/c1-12-9(7-11)5-3-2-4-8(9)6-10/h2-5,7-8H,1H3. The van der Waals surface area contributed by atoms with Crippen molar-refractivity contribution in [1.82, 2.24) is 0 Å². The van der Waals surface area contributed by atoms with E-state index in [9.17, 15) is 4.79 Å². The SMILES string of the molecule is COC1(C=O)C=CC=CC1C#N. The van der Waals surface area contributed by atoms with Gasteiger partial charge < -0.3 is 4.74 Å². The van der Waals surface area contributed by atoms with Gasteiger partial charge in [-0.05, 0) is 6.08 Å². The molecule has 0 saturated heterocycles. The van der Waals surface area contributed by atoms with Gasteiger partial charge in [-0.2, -0.15) is 5.26 Å². The number of carbonyl (C=O) groups is 1. The number of nitriles is 1. The summed E-state index contributed by atoms with van der Waals surface area (Å²) in [5.41, 5.74) is -1.08. The second-order valence-corrected chi connectivity index (χ2v) is 2.53. The average Bonchev–Trinajstić information content (AvgIpc) is 2.17. The lowest BCUT2D eigenvalue weighted by molar-refractivity contribution is -0.124. The Morgan fingerprint density at radius 2 is 2.42 bits per heavy atom. The fourth-order valence-corrected chi connectivity index (χ4v) is 1.13. The zero-order chi connectivity index (χ0) is 9.03. The number of nitrogens with zero attached hydrogens (tertiary/aromatic N) is 1. The maximum Gasteiger partial charge on any atom is 0.160 e. The highest BCUT2D eigenvalue weighted by Gasteiger charge is 2.36. The molecule has 0 spiro atoms. The van der Waals surface area contributed by atoms with Gasteiger partial charge in [0, 0.05) is 7.11 Å². The lowest BCUT2D eigenvalue weighted by Gasteiger charge is -2.27. The molecule has 2 atom stereocenters. The quantitative estimate of drug-likeness (QED) is 0.567. The van der Waals surface area contributed by atoms with Gasteiger partial charge in [0.2, 0.25) is 0 Å². The van der Waals surface area contributed by atoms with Crippen LogP contribution in [0.3, 0.4) is 0 Å². The molecule has 1 aliphatic carbocycles. The molecule has 3 heteroatoms. The van der Waals surface area contributed by atoms with Crippen LogP contribution >= 0.6 is 0 Å². The normalized spacial score (nSPS) is 32.8. The van der Waals surface area contributed by atoms with Gasteiger partial charge >= 0.3 is 0 Å². The summed E-state index contributed by atoms with van der Waals surface area (Å²) in [7, 11) is 1.42. The first-order chi connectivity index (χ1) is 5.79. The van der Waals surface area contributed by atoms with Crippen LogP contribution < -0.4 is 0 Å². The fraction of sp³-hybridized carbons (Fsp3) is 0.333. The molecule has 3 nitrogen and oxygen atoms in total. The first kappa shape index (κ1) is 8.69. The van der Waals surface area contributed by atoms with Gasteiger partial charge in [-0.1, -0.05) is 18.2 Å². The number of carbonyl (C=O) groups excluding carboxylic acids is 1. The van der Waals surface area contributed by atoms with Gasteiger partial charge in [-0.3, -0.25) is 4.79 Å². The highest BCUT2D eigenvalue weighted by atomic mass is 16.5. The second kappa shape index (κ2) is 3.33. The van der Waals surface area contributed by atoms with E-state index in [0.717, 1.165) is 0 Å². The minimum Gasteiger partial charge on any atom is -0.365 e. The molecule has 0 N–H and O–H groups in total. The highest BCUT2D eigenvalue weighted by Crippen LogP contribution is 2.25. The Bertz CT molecular complexity index is 275. The van der Waals surface area contributed by atoms with Crippen LogP contribution in [0, 0.1) is 17.2 Å². The van der Waals surface area contributed by atoms with Crippen LogP contribution in [0.5, 0.6) is 0 Å². The molecule has 0 heterocycles. The maximum atomic E-state index is 10.7. The van der Waals surface area contributed by atoms with Gasteiger partial charge in [-0.15, -0.1) is 0 Å². The van der Waals surface area contributed by atoms with Crippen LogP contribution in [0.2, 0.25) is 0 Å². The van der Waals surface area contributed by atoms with Crippen molar-refractivity contribution in [3.63, 3.8) is 0 Å². The molecule has 0 bridgehead atoms. The predicted octanol–water partition coefficient (Wildman–Crippen LogP) is 0.836. The molecule has 2 unspecified atom stereocenters. The van der Waals surface area contributed by atoms with E-state index < -0.39 is 11.5 Å². The van der Waals surface area contributed by atoms with Crippen molar-refractivity contribution < 1.29 is 9.53 Å². The highest BCUT2D eigenvalue weighted by molar-refractivity contribution is 5.69. The first-order valence-corrected chi connectivity index (χ1v) is 3.56. The third-order valence-electron chi connectivity index (χ3n) is 1.93. The Hall–Kier alpha value is -1.40. The summed E-state index contributed by atoms with van der Waals surface area (Å²) < 4.78 is 5.00. The minimum atomic E-state index is -1.08. The van der Waals surface area contributed by atoms with Crippen LogP contribution in [-0.2, 0) is 9.53 Å². The monoisotopic (exact) mass is 163 g/mol. The van der Waals surface area contributed by atoms with E-state index >= 15 is 0 Å². The Kier molecular flexibility index (Phi) is 2.41. The average molecular weight is 163 g/mol. The van der Waals surface area contributed by atoms with E-state index in [1.807, 2.05) is 6.07 Å². The smallest absolute Gasteiger partial charge is 0.160 e. The van der Waals surface area contributed by atoms with E-state index in [1.54, 1.807) is 24.3 Å². The Morgan fingerprint density at radius 3 is 2.83 bits per heavy atom. The number of ether oxygens (including phenoxy) is 1. The number of methoxy groups -OCH3 is 1. The Morgan fingerprint density at radius 1 is 1.67 bits per heavy atom. The van der Waals surface area contributed by atoms with Gasteiger partial charge in [0.1, 0.15) is 5.92 Å². The molecule has 0 aromatic carbocycles. The zero-order valence-corrected chi connectivity index (χ0v) is 6.73. The van der Waals surface area contributed by atoms with Crippen molar-refractivity contribution in [2.75, 3.05) is 7.11 Å². The van der Waals surface area contributed by atoms with Gasteiger partial charge in [0.05, 0.1) is 6.07 Å². The lowest BCUT2D eigenvalue weighted by Crippen LogP contribution is -2.39. The molecule has 0 aromatic heterocycles. The van der Waals surface area contributed by atoms with E-state index in [2.05, 4.69) is 0 Å². The fourth-order valence-electron chi connectivity index (χ4n) is 1.13. The van der Waals surface area contributed by atoms with E-state index in [4.69, 9.17) is 10.00 Å². The summed E-state index contributed by atoms with van der Waals surface area (Å²) >= 11 is 0. The molecule has 1 aliphatic rings. The van der Waals surface area contributed by atoms with Crippen LogP contribution in [0.1, 0.15) is 0 Å². The zero-order valence-electron chi connectivity index (χ0n) is 6.73. The summed E-state index contributed by atoms with van der Waals surface area (Å²) in [5, 5.41) is 8.71. The van der Waals surface area contributed by atoms with E-state index in [-0.39, 0.29) is 0 Å². The number of allylic oxidation sites excluding steroid dienone is 2. The van der Waals surface area contributed by atoms with Crippen LogP contribution in [0.25, 0.3) is 0 Å².